The lowest BCUT2D eigenvalue weighted by Gasteiger charge is -2.27. The Kier molecular flexibility index (Phi) is 5.71. The number of amides is 1. The fourth-order valence-corrected chi connectivity index (χ4v) is 2.39. The lowest BCUT2D eigenvalue weighted by molar-refractivity contribution is -0.274. The van der Waals surface area contributed by atoms with Crippen molar-refractivity contribution in [2.75, 3.05) is 10.8 Å². The molecule has 0 saturated carbocycles. The summed E-state index contributed by atoms with van der Waals surface area (Å²) in [5, 5.41) is 3.97. The molecule has 0 aliphatic carbocycles. The van der Waals surface area contributed by atoms with Crippen LogP contribution >= 0.6 is 11.6 Å². The van der Waals surface area contributed by atoms with Crippen LogP contribution in [0.15, 0.2) is 36.7 Å². The molecule has 0 atom stereocenters. The van der Waals surface area contributed by atoms with Gasteiger partial charge in [-0.15, -0.1) is 24.8 Å². The fraction of sp³-hybridized carbons (Fsp3) is 0.333. The quantitative estimate of drug-likeness (QED) is 0.739. The van der Waals surface area contributed by atoms with Crippen LogP contribution in [0.5, 0.6) is 5.75 Å². The second-order valence-electron chi connectivity index (χ2n) is 4.81. The minimum atomic E-state index is -4.87. The van der Waals surface area contributed by atoms with Gasteiger partial charge in [0.15, 0.2) is 5.75 Å². The first-order valence-corrected chi connectivity index (χ1v) is 7.60. The highest BCUT2D eigenvalue weighted by Gasteiger charge is 2.34. The third kappa shape index (κ3) is 4.41. The van der Waals surface area contributed by atoms with Crippen molar-refractivity contribution in [2.45, 2.75) is 26.4 Å². The molecule has 0 aliphatic heterocycles. The molecule has 2 rings (SSSR count). The zero-order valence-corrected chi connectivity index (χ0v) is 13.5. The molecule has 0 radical (unpaired) electrons. The summed E-state index contributed by atoms with van der Waals surface area (Å²) in [5.41, 5.74) is 0.570. The summed E-state index contributed by atoms with van der Waals surface area (Å²) in [4.78, 5) is 13.4. The number of para-hydroxylation sites is 1. The predicted molar refractivity (Wildman–Crippen MR) is 82.9 cm³/mol. The second kappa shape index (κ2) is 7.57. The molecule has 1 aromatic heterocycles. The van der Waals surface area contributed by atoms with Crippen molar-refractivity contribution in [2.24, 2.45) is 0 Å². The van der Waals surface area contributed by atoms with E-state index in [1.54, 1.807) is 25.3 Å². The van der Waals surface area contributed by atoms with Crippen molar-refractivity contribution in [1.29, 1.82) is 0 Å². The van der Waals surface area contributed by atoms with Crippen molar-refractivity contribution < 1.29 is 22.7 Å². The Labute approximate surface area is 141 Å². The number of hydrogen-bond acceptors (Lipinski definition) is 3. The minimum absolute atomic E-state index is 0.0403. The molecule has 0 bridgehead atoms. The lowest BCUT2D eigenvalue weighted by atomic mass is 10.1. The number of halogens is 4. The number of anilines is 1. The molecule has 5 nitrogen and oxygen atoms in total. The maximum absolute atomic E-state index is 12.7. The third-order valence-corrected chi connectivity index (χ3v) is 3.45. The van der Waals surface area contributed by atoms with Crippen molar-refractivity contribution in [3.63, 3.8) is 0 Å². The van der Waals surface area contributed by atoms with Crippen molar-refractivity contribution in [1.82, 2.24) is 9.78 Å². The minimum Gasteiger partial charge on any atom is -0.404 e. The van der Waals surface area contributed by atoms with Crippen LogP contribution in [0.3, 0.4) is 0 Å². The van der Waals surface area contributed by atoms with Crippen LogP contribution in [0.2, 0.25) is 0 Å². The van der Waals surface area contributed by atoms with Crippen molar-refractivity contribution in [3.8, 4) is 5.75 Å². The number of hydrogen-bond donors (Lipinski definition) is 0. The van der Waals surface area contributed by atoms with E-state index in [4.69, 9.17) is 11.6 Å². The van der Waals surface area contributed by atoms with Crippen LogP contribution in [0, 0.1) is 0 Å². The number of carbonyl (C=O) groups excluding carboxylic acids is 1. The first-order valence-electron chi connectivity index (χ1n) is 7.07. The number of ether oxygens (including phenoxy) is 1. The van der Waals surface area contributed by atoms with Gasteiger partial charge in [-0.2, -0.15) is 5.10 Å². The highest BCUT2D eigenvalue weighted by atomic mass is 35.5. The van der Waals surface area contributed by atoms with Gasteiger partial charge >= 0.3 is 6.36 Å². The van der Waals surface area contributed by atoms with Crippen LogP contribution in [0.4, 0.5) is 18.9 Å². The molecule has 1 aromatic carbocycles. The van der Waals surface area contributed by atoms with E-state index in [0.717, 1.165) is 4.90 Å². The van der Waals surface area contributed by atoms with E-state index in [1.807, 2.05) is 0 Å². The molecule has 9 heteroatoms. The van der Waals surface area contributed by atoms with E-state index in [1.165, 1.54) is 23.0 Å². The zero-order valence-electron chi connectivity index (χ0n) is 12.8. The van der Waals surface area contributed by atoms with E-state index >= 15 is 0 Å². The number of aryl methyl sites for hydroxylation is 1. The van der Waals surface area contributed by atoms with E-state index in [0.29, 0.717) is 12.0 Å². The summed E-state index contributed by atoms with van der Waals surface area (Å²) in [7, 11) is 0. The Hall–Kier alpha value is -2.22. The number of benzene rings is 1. The van der Waals surface area contributed by atoms with E-state index in [-0.39, 0.29) is 18.2 Å². The summed E-state index contributed by atoms with van der Waals surface area (Å²) < 4.78 is 43.6. The van der Waals surface area contributed by atoms with Crippen molar-refractivity contribution >= 4 is 23.2 Å². The first kappa shape index (κ1) is 18.1. The van der Waals surface area contributed by atoms with Gasteiger partial charge < -0.3 is 4.74 Å². The van der Waals surface area contributed by atoms with Crippen LogP contribution in [0.1, 0.15) is 12.5 Å². The van der Waals surface area contributed by atoms with Crippen LogP contribution in [0.25, 0.3) is 0 Å². The van der Waals surface area contributed by atoms with Crippen LogP contribution in [-0.4, -0.2) is 27.9 Å². The van der Waals surface area contributed by atoms with Gasteiger partial charge in [-0.1, -0.05) is 19.1 Å². The smallest absolute Gasteiger partial charge is 0.404 e. The first-order chi connectivity index (χ1) is 11.4. The Morgan fingerprint density at radius 1 is 1.38 bits per heavy atom. The number of aromatic nitrogens is 2. The maximum atomic E-state index is 12.7. The van der Waals surface area contributed by atoms with Gasteiger partial charge in [-0.25, -0.2) is 0 Å². The number of carbonyl (C=O) groups is 1. The van der Waals surface area contributed by atoms with Gasteiger partial charge in [-0.05, 0) is 24.1 Å². The summed E-state index contributed by atoms with van der Waals surface area (Å²) in [6, 6.07) is 5.89. The molecular formula is C15H15ClF3N3O2. The number of rotatable bonds is 6. The number of nitrogens with zero attached hydrogens (tertiary/aromatic N) is 3. The highest BCUT2D eigenvalue weighted by molar-refractivity contribution is 6.29. The standard InChI is InChI=1S/C15H15ClF3N3O2/c1-2-11-5-3-6-12(24-15(17,18)19)14(11)22(13(23)9-16)10-21-8-4-7-20-21/h3-8H,2,9-10H2,1H3. The SMILES string of the molecule is CCc1cccc(OC(F)(F)F)c1N(Cn1cccn1)C(=O)CCl. The summed E-state index contributed by atoms with van der Waals surface area (Å²) >= 11 is 5.63. The summed E-state index contributed by atoms with van der Waals surface area (Å²) in [5.74, 6) is -1.39. The molecule has 0 saturated heterocycles. The topological polar surface area (TPSA) is 47.4 Å². The van der Waals surface area contributed by atoms with Gasteiger partial charge in [-0.3, -0.25) is 14.4 Å². The van der Waals surface area contributed by atoms with Gasteiger partial charge in [0.2, 0.25) is 5.91 Å². The molecular weight excluding hydrogens is 347 g/mol. The molecule has 0 fully saturated rings. The Morgan fingerprint density at radius 2 is 2.12 bits per heavy atom. The fourth-order valence-electron chi connectivity index (χ4n) is 2.24. The monoisotopic (exact) mass is 361 g/mol. The molecule has 130 valence electrons. The third-order valence-electron chi connectivity index (χ3n) is 3.22. The molecule has 24 heavy (non-hydrogen) atoms. The van der Waals surface area contributed by atoms with Crippen molar-refractivity contribution in [3.05, 3.63) is 42.2 Å². The van der Waals surface area contributed by atoms with Gasteiger partial charge in [0.25, 0.3) is 0 Å². The average molecular weight is 362 g/mol. The molecule has 2 aromatic rings. The zero-order chi connectivity index (χ0) is 17.7. The Morgan fingerprint density at radius 3 is 2.67 bits per heavy atom. The lowest BCUT2D eigenvalue weighted by Crippen LogP contribution is -2.35. The van der Waals surface area contributed by atoms with Crippen LogP contribution < -0.4 is 9.64 Å². The Balaban J connectivity index is 2.52. The van der Waals surface area contributed by atoms with E-state index < -0.39 is 18.0 Å². The molecule has 0 unspecified atom stereocenters. The molecule has 0 spiro atoms. The Bertz CT molecular complexity index is 690. The van der Waals surface area contributed by atoms with Gasteiger partial charge in [0, 0.05) is 12.4 Å². The van der Waals surface area contributed by atoms with E-state index in [9.17, 15) is 18.0 Å². The molecule has 1 amide bonds. The summed E-state index contributed by atoms with van der Waals surface area (Å²) in [6.45, 7) is 1.69. The normalized spacial score (nSPS) is 11.4. The molecule has 0 aliphatic rings. The number of alkyl halides is 4. The van der Waals surface area contributed by atoms with E-state index in [2.05, 4.69) is 9.84 Å². The second-order valence-corrected chi connectivity index (χ2v) is 5.07. The van der Waals surface area contributed by atoms with Gasteiger partial charge in [0.1, 0.15) is 12.5 Å². The predicted octanol–water partition coefficient (Wildman–Crippen LogP) is 3.57. The highest BCUT2D eigenvalue weighted by Crippen LogP contribution is 2.36. The molecule has 0 N–H and O–H groups in total. The van der Waals surface area contributed by atoms with Crippen LogP contribution in [-0.2, 0) is 17.9 Å². The molecule has 1 heterocycles. The largest absolute Gasteiger partial charge is 0.573 e. The maximum Gasteiger partial charge on any atom is 0.573 e. The van der Waals surface area contributed by atoms with Gasteiger partial charge in [0.05, 0.1) is 5.69 Å². The average Bonchev–Trinajstić information content (AvgIpc) is 3.03. The summed E-state index contributed by atoms with van der Waals surface area (Å²) in [6.07, 6.45) is -1.37.